The maximum Gasteiger partial charge on any atom is 0.417 e. The minimum atomic E-state index is -4.60. The van der Waals surface area contributed by atoms with Gasteiger partial charge >= 0.3 is 12.1 Å². The lowest BCUT2D eigenvalue weighted by Crippen LogP contribution is -2.15. The van der Waals surface area contributed by atoms with Crippen molar-refractivity contribution in [3.05, 3.63) is 42.5 Å². The van der Waals surface area contributed by atoms with Crippen LogP contribution in [0.3, 0.4) is 0 Å². The summed E-state index contributed by atoms with van der Waals surface area (Å²) < 4.78 is 46.0. The minimum absolute atomic E-state index is 0.495. The van der Waals surface area contributed by atoms with E-state index in [4.69, 9.17) is 0 Å². The van der Waals surface area contributed by atoms with E-state index in [0.717, 1.165) is 12.1 Å². The lowest BCUT2D eigenvalue weighted by Gasteiger charge is -2.11. The number of ether oxygens (including phenoxy) is 2. The zero-order chi connectivity index (χ0) is 12.2. The van der Waals surface area contributed by atoms with Crippen LogP contribution in [-0.2, 0) is 15.7 Å². The van der Waals surface area contributed by atoms with Gasteiger partial charge in [0.05, 0.1) is 18.2 Å². The summed E-state index contributed by atoms with van der Waals surface area (Å²) in [5, 5.41) is 0. The summed E-state index contributed by atoms with van der Waals surface area (Å²) in [6, 6.07) is 4.35. The molecule has 1 aromatic rings. The Morgan fingerprint density at radius 1 is 1.31 bits per heavy atom. The molecule has 0 atom stereocenters. The van der Waals surface area contributed by atoms with Gasteiger partial charge < -0.3 is 9.47 Å². The van der Waals surface area contributed by atoms with Crippen molar-refractivity contribution in [3.8, 4) is 0 Å². The normalized spacial score (nSPS) is 11.2. The lowest BCUT2D eigenvalue weighted by molar-refractivity contribution is -0.138. The lowest BCUT2D eigenvalue weighted by atomic mass is 10.1. The third-order valence-electron chi connectivity index (χ3n) is 1.73. The van der Waals surface area contributed by atoms with E-state index in [9.17, 15) is 18.0 Å². The van der Waals surface area contributed by atoms with E-state index in [-0.39, 0.29) is 0 Å². The van der Waals surface area contributed by atoms with E-state index < -0.39 is 30.1 Å². The molecule has 16 heavy (non-hydrogen) atoms. The van der Waals surface area contributed by atoms with Gasteiger partial charge in [-0.15, -0.1) is 0 Å². The summed E-state index contributed by atoms with van der Waals surface area (Å²) in [6.07, 6.45) is -4.60. The maximum absolute atomic E-state index is 12.5. The van der Waals surface area contributed by atoms with Gasteiger partial charge in [0, 0.05) is 0 Å². The van der Waals surface area contributed by atoms with Gasteiger partial charge in [0.1, 0.15) is 0 Å². The number of benzene rings is 1. The van der Waals surface area contributed by atoms with Crippen molar-refractivity contribution in [2.24, 2.45) is 0 Å². The third kappa shape index (κ3) is 2.96. The second-order valence-electron chi connectivity index (χ2n) is 2.80. The molecule has 0 heterocycles. The topological polar surface area (TPSA) is 35.5 Å². The average Bonchev–Trinajstić information content (AvgIpc) is 2.24. The predicted molar refractivity (Wildman–Crippen MR) is 48.2 cm³/mol. The Morgan fingerprint density at radius 3 is 2.50 bits per heavy atom. The second kappa shape index (κ2) is 4.98. The first kappa shape index (κ1) is 12.5. The molecule has 0 fully saturated rings. The Balaban J connectivity index is 3.00. The summed E-state index contributed by atoms with van der Waals surface area (Å²) in [6.45, 7) is -0.495. The van der Waals surface area contributed by atoms with Gasteiger partial charge in [-0.05, 0) is 12.1 Å². The number of carbonyl (C=O) groups is 1. The van der Waals surface area contributed by atoms with Crippen LogP contribution in [0.2, 0.25) is 0 Å². The van der Waals surface area contributed by atoms with E-state index in [1.54, 1.807) is 0 Å². The number of alkyl halides is 3. The summed E-state index contributed by atoms with van der Waals surface area (Å²) in [7, 11) is 2.92. The highest BCUT2D eigenvalue weighted by Crippen LogP contribution is 2.32. The summed E-state index contributed by atoms with van der Waals surface area (Å²) >= 11 is 0. The van der Waals surface area contributed by atoms with Crippen LogP contribution in [0.15, 0.2) is 24.3 Å². The van der Waals surface area contributed by atoms with Crippen molar-refractivity contribution in [1.82, 2.24) is 0 Å². The fourth-order valence-electron chi connectivity index (χ4n) is 1.08. The SMILES string of the molecule is [CH2]OCOC(=O)c1ccccc1C(F)(F)F. The largest absolute Gasteiger partial charge is 0.435 e. The first-order valence-corrected chi connectivity index (χ1v) is 4.17. The average molecular weight is 233 g/mol. The van der Waals surface area contributed by atoms with E-state index >= 15 is 0 Å². The van der Waals surface area contributed by atoms with Crippen molar-refractivity contribution >= 4 is 5.97 Å². The van der Waals surface area contributed by atoms with Gasteiger partial charge in [-0.1, -0.05) is 12.1 Å². The Morgan fingerprint density at radius 2 is 1.94 bits per heavy atom. The number of hydrogen-bond donors (Lipinski definition) is 0. The molecular formula is C10H8F3O3. The molecule has 0 aliphatic heterocycles. The smallest absolute Gasteiger partial charge is 0.417 e. The molecule has 0 saturated carbocycles. The van der Waals surface area contributed by atoms with Crippen molar-refractivity contribution in [1.29, 1.82) is 0 Å². The van der Waals surface area contributed by atoms with Crippen LogP contribution in [0.25, 0.3) is 0 Å². The van der Waals surface area contributed by atoms with Crippen LogP contribution < -0.4 is 0 Å². The number of esters is 1. The molecule has 0 bridgehead atoms. The number of rotatable bonds is 3. The molecule has 0 unspecified atom stereocenters. The molecule has 0 N–H and O–H groups in total. The maximum atomic E-state index is 12.5. The van der Waals surface area contributed by atoms with Crippen LogP contribution in [0, 0.1) is 7.11 Å². The quantitative estimate of drug-likeness (QED) is 0.594. The summed E-state index contributed by atoms with van der Waals surface area (Å²) in [5.74, 6) is -1.10. The first-order valence-electron chi connectivity index (χ1n) is 4.17. The van der Waals surface area contributed by atoms with Gasteiger partial charge in [0.15, 0.2) is 6.79 Å². The standard InChI is InChI=1S/C10H8F3O3/c1-15-6-16-9(14)7-4-2-3-5-8(7)10(11,12)13/h2-5H,1,6H2. The van der Waals surface area contributed by atoms with Gasteiger partial charge in [-0.3, -0.25) is 0 Å². The predicted octanol–water partition coefficient (Wildman–Crippen LogP) is 2.63. The van der Waals surface area contributed by atoms with Crippen molar-refractivity contribution in [2.75, 3.05) is 6.79 Å². The van der Waals surface area contributed by atoms with E-state index in [0.29, 0.717) is 0 Å². The van der Waals surface area contributed by atoms with Gasteiger partial charge in [-0.2, -0.15) is 13.2 Å². The van der Waals surface area contributed by atoms with E-state index in [1.807, 2.05) is 0 Å². The van der Waals surface area contributed by atoms with Crippen LogP contribution in [0.4, 0.5) is 13.2 Å². The van der Waals surface area contributed by atoms with Gasteiger partial charge in [-0.25, -0.2) is 4.79 Å². The first-order chi connectivity index (χ1) is 7.46. The minimum Gasteiger partial charge on any atom is -0.435 e. The monoisotopic (exact) mass is 233 g/mol. The van der Waals surface area contributed by atoms with Crippen molar-refractivity contribution < 1.29 is 27.4 Å². The Hall–Kier alpha value is -1.56. The summed E-state index contributed by atoms with van der Waals surface area (Å²) in [5.41, 5.74) is -1.59. The van der Waals surface area contributed by atoms with Gasteiger partial charge in [0.2, 0.25) is 0 Å². The third-order valence-corrected chi connectivity index (χ3v) is 1.73. The highest BCUT2D eigenvalue weighted by Gasteiger charge is 2.35. The van der Waals surface area contributed by atoms with Crippen LogP contribution >= 0.6 is 0 Å². The van der Waals surface area contributed by atoms with Gasteiger partial charge in [0.25, 0.3) is 0 Å². The molecule has 87 valence electrons. The Bertz CT molecular complexity index is 374. The fourth-order valence-corrected chi connectivity index (χ4v) is 1.08. The number of halogens is 3. The van der Waals surface area contributed by atoms with Crippen LogP contribution in [-0.4, -0.2) is 12.8 Å². The summed E-state index contributed by atoms with van der Waals surface area (Å²) in [4.78, 5) is 11.2. The zero-order valence-electron chi connectivity index (χ0n) is 8.08. The molecular weight excluding hydrogens is 225 g/mol. The van der Waals surface area contributed by atoms with Crippen molar-refractivity contribution in [3.63, 3.8) is 0 Å². The molecule has 0 aliphatic carbocycles. The molecule has 0 aliphatic rings. The highest BCUT2D eigenvalue weighted by molar-refractivity contribution is 5.91. The molecule has 6 heteroatoms. The molecule has 0 spiro atoms. The molecule has 0 saturated heterocycles. The second-order valence-corrected chi connectivity index (χ2v) is 2.80. The highest BCUT2D eigenvalue weighted by atomic mass is 19.4. The van der Waals surface area contributed by atoms with Crippen LogP contribution in [0.5, 0.6) is 0 Å². The van der Waals surface area contributed by atoms with Crippen LogP contribution in [0.1, 0.15) is 15.9 Å². The number of hydrogen-bond acceptors (Lipinski definition) is 3. The fraction of sp³-hybridized carbons (Fsp3) is 0.200. The molecule has 3 nitrogen and oxygen atoms in total. The Kier molecular flexibility index (Phi) is 3.89. The molecule has 1 aromatic carbocycles. The van der Waals surface area contributed by atoms with Crippen molar-refractivity contribution in [2.45, 2.75) is 6.18 Å². The molecule has 0 amide bonds. The molecule has 1 radical (unpaired) electrons. The number of carbonyl (C=O) groups excluding carboxylic acids is 1. The van der Waals surface area contributed by atoms with E-state index in [1.165, 1.54) is 12.1 Å². The Labute approximate surface area is 89.8 Å². The van der Waals surface area contributed by atoms with E-state index in [2.05, 4.69) is 16.6 Å². The molecule has 1 rings (SSSR count). The molecule has 0 aromatic heterocycles. The zero-order valence-corrected chi connectivity index (χ0v) is 8.08.